The third kappa shape index (κ3) is 4.85. The Morgan fingerprint density at radius 3 is 2.50 bits per heavy atom. The van der Waals surface area contributed by atoms with Crippen LogP contribution in [0.25, 0.3) is 22.8 Å². The van der Waals surface area contributed by atoms with Crippen molar-refractivity contribution in [3.8, 4) is 28.6 Å². The molecular weight excluding hydrogens is 402 g/mol. The highest BCUT2D eigenvalue weighted by molar-refractivity contribution is 6.30. The van der Waals surface area contributed by atoms with E-state index in [1.165, 1.54) is 5.56 Å². The Labute approximate surface area is 178 Å². The lowest BCUT2D eigenvalue weighted by Crippen LogP contribution is -2.20. The van der Waals surface area contributed by atoms with Gasteiger partial charge in [0.15, 0.2) is 6.61 Å². The molecular formula is C23H18ClN3O3. The average Bonchev–Trinajstić information content (AvgIpc) is 3.23. The standard InChI is InChI=1S/C23H18ClN3O3/c1-15-5-7-16(8-6-15)22-26-23(30-27-22)17-9-11-20(12-10-17)29-14-21(28)25-19-4-2-3-18(24)13-19/h2-13H,14H2,1H3,(H,25,28). The number of carbonyl (C=O) groups is 1. The number of amides is 1. The lowest BCUT2D eigenvalue weighted by Gasteiger charge is -2.08. The molecule has 7 heteroatoms. The highest BCUT2D eigenvalue weighted by atomic mass is 35.5. The molecule has 4 rings (SSSR count). The fraction of sp³-hybridized carbons (Fsp3) is 0.0870. The zero-order chi connectivity index (χ0) is 20.9. The molecule has 150 valence electrons. The highest BCUT2D eigenvalue weighted by Crippen LogP contribution is 2.24. The van der Waals surface area contributed by atoms with Gasteiger partial charge in [-0.3, -0.25) is 4.79 Å². The molecule has 0 aliphatic rings. The summed E-state index contributed by atoms with van der Waals surface area (Å²) in [5.74, 6) is 1.22. The summed E-state index contributed by atoms with van der Waals surface area (Å²) < 4.78 is 10.9. The Morgan fingerprint density at radius 1 is 1.03 bits per heavy atom. The number of hydrogen-bond acceptors (Lipinski definition) is 5. The van der Waals surface area contributed by atoms with Crippen molar-refractivity contribution in [1.82, 2.24) is 10.1 Å². The van der Waals surface area contributed by atoms with Crippen LogP contribution in [0.2, 0.25) is 5.02 Å². The molecule has 0 fully saturated rings. The van der Waals surface area contributed by atoms with E-state index in [-0.39, 0.29) is 12.5 Å². The molecule has 0 aliphatic heterocycles. The average molecular weight is 420 g/mol. The van der Waals surface area contributed by atoms with Crippen LogP contribution in [0.3, 0.4) is 0 Å². The van der Waals surface area contributed by atoms with Crippen molar-refractivity contribution in [2.24, 2.45) is 0 Å². The van der Waals surface area contributed by atoms with E-state index in [1.54, 1.807) is 48.5 Å². The normalized spacial score (nSPS) is 10.6. The van der Waals surface area contributed by atoms with Gasteiger partial charge in [-0.1, -0.05) is 52.7 Å². The molecule has 0 spiro atoms. The molecule has 30 heavy (non-hydrogen) atoms. The molecule has 0 aliphatic carbocycles. The van der Waals surface area contributed by atoms with E-state index >= 15 is 0 Å². The number of aryl methyl sites for hydroxylation is 1. The van der Waals surface area contributed by atoms with Crippen molar-refractivity contribution in [3.63, 3.8) is 0 Å². The van der Waals surface area contributed by atoms with E-state index in [2.05, 4.69) is 15.5 Å². The van der Waals surface area contributed by atoms with Crippen LogP contribution >= 0.6 is 11.6 Å². The predicted molar refractivity (Wildman–Crippen MR) is 115 cm³/mol. The number of anilines is 1. The van der Waals surface area contributed by atoms with Crippen molar-refractivity contribution >= 4 is 23.2 Å². The van der Waals surface area contributed by atoms with Crippen LogP contribution in [0.15, 0.2) is 77.3 Å². The van der Waals surface area contributed by atoms with E-state index in [9.17, 15) is 4.79 Å². The second-order valence-electron chi connectivity index (χ2n) is 6.66. The van der Waals surface area contributed by atoms with Crippen molar-refractivity contribution in [1.29, 1.82) is 0 Å². The fourth-order valence-electron chi connectivity index (χ4n) is 2.77. The molecule has 1 N–H and O–H groups in total. The minimum Gasteiger partial charge on any atom is -0.484 e. The number of ether oxygens (including phenoxy) is 1. The van der Waals surface area contributed by atoms with Gasteiger partial charge in [-0.25, -0.2) is 0 Å². The topological polar surface area (TPSA) is 77.2 Å². The first-order valence-corrected chi connectivity index (χ1v) is 9.64. The number of aromatic nitrogens is 2. The van der Waals surface area contributed by atoms with Crippen LogP contribution in [0.1, 0.15) is 5.56 Å². The predicted octanol–water partition coefficient (Wildman–Crippen LogP) is 5.38. The molecule has 0 radical (unpaired) electrons. The van der Waals surface area contributed by atoms with Crippen LogP contribution in [0.4, 0.5) is 5.69 Å². The summed E-state index contributed by atoms with van der Waals surface area (Å²) in [6, 6.07) is 21.9. The van der Waals surface area contributed by atoms with Crippen LogP contribution < -0.4 is 10.1 Å². The van der Waals surface area contributed by atoms with Gasteiger partial charge in [0, 0.05) is 21.8 Å². The lowest BCUT2D eigenvalue weighted by atomic mass is 10.1. The summed E-state index contributed by atoms with van der Waals surface area (Å²) in [5, 5.41) is 7.32. The third-order valence-electron chi connectivity index (χ3n) is 4.32. The first kappa shape index (κ1) is 19.7. The Bertz CT molecular complexity index is 1160. The maximum Gasteiger partial charge on any atom is 0.262 e. The van der Waals surface area contributed by atoms with Crippen molar-refractivity contribution in [2.75, 3.05) is 11.9 Å². The Morgan fingerprint density at radius 2 is 1.77 bits per heavy atom. The molecule has 6 nitrogen and oxygen atoms in total. The zero-order valence-corrected chi connectivity index (χ0v) is 16.9. The van der Waals surface area contributed by atoms with Gasteiger partial charge in [-0.15, -0.1) is 0 Å². The number of nitrogens with zero attached hydrogens (tertiary/aromatic N) is 2. The molecule has 1 aromatic heterocycles. The van der Waals surface area contributed by atoms with E-state index in [0.29, 0.717) is 28.2 Å². The smallest absolute Gasteiger partial charge is 0.262 e. The maximum absolute atomic E-state index is 12.0. The van der Waals surface area contributed by atoms with E-state index < -0.39 is 0 Å². The highest BCUT2D eigenvalue weighted by Gasteiger charge is 2.11. The Balaban J connectivity index is 1.36. The molecule has 1 amide bonds. The second kappa shape index (κ2) is 8.80. The quantitative estimate of drug-likeness (QED) is 0.453. The van der Waals surface area contributed by atoms with Crippen LogP contribution in [0, 0.1) is 6.92 Å². The lowest BCUT2D eigenvalue weighted by molar-refractivity contribution is -0.118. The summed E-state index contributed by atoms with van der Waals surface area (Å²) in [6.07, 6.45) is 0. The molecule has 1 heterocycles. The molecule has 0 atom stereocenters. The van der Waals surface area contributed by atoms with Gasteiger partial charge in [0.25, 0.3) is 11.8 Å². The minimum absolute atomic E-state index is 0.121. The number of rotatable bonds is 6. The van der Waals surface area contributed by atoms with E-state index in [4.69, 9.17) is 20.9 Å². The summed E-state index contributed by atoms with van der Waals surface area (Å²) in [4.78, 5) is 16.5. The summed E-state index contributed by atoms with van der Waals surface area (Å²) >= 11 is 5.91. The SMILES string of the molecule is Cc1ccc(-c2noc(-c3ccc(OCC(=O)Nc4cccc(Cl)c4)cc3)n2)cc1. The maximum atomic E-state index is 12.0. The Kier molecular flexibility index (Phi) is 5.77. The number of hydrogen-bond donors (Lipinski definition) is 1. The third-order valence-corrected chi connectivity index (χ3v) is 4.55. The second-order valence-corrected chi connectivity index (χ2v) is 7.10. The minimum atomic E-state index is -0.277. The van der Waals surface area contributed by atoms with E-state index in [1.807, 2.05) is 31.2 Å². The van der Waals surface area contributed by atoms with Crippen LogP contribution in [-0.2, 0) is 4.79 Å². The summed E-state index contributed by atoms with van der Waals surface area (Å²) in [6.45, 7) is 1.90. The van der Waals surface area contributed by atoms with Gasteiger partial charge >= 0.3 is 0 Å². The van der Waals surface area contributed by atoms with Crippen LogP contribution in [-0.4, -0.2) is 22.7 Å². The summed E-state index contributed by atoms with van der Waals surface area (Å²) in [7, 11) is 0. The van der Waals surface area contributed by atoms with Gasteiger partial charge in [-0.05, 0) is 49.4 Å². The van der Waals surface area contributed by atoms with Crippen molar-refractivity contribution < 1.29 is 14.1 Å². The number of halogens is 1. The molecule has 4 aromatic rings. The van der Waals surface area contributed by atoms with Crippen molar-refractivity contribution in [3.05, 3.63) is 83.4 Å². The molecule has 0 unspecified atom stereocenters. The first-order valence-electron chi connectivity index (χ1n) is 9.26. The van der Waals surface area contributed by atoms with Gasteiger partial charge in [-0.2, -0.15) is 4.98 Å². The van der Waals surface area contributed by atoms with Crippen molar-refractivity contribution in [2.45, 2.75) is 6.92 Å². The van der Waals surface area contributed by atoms with Gasteiger partial charge in [0.2, 0.25) is 5.82 Å². The van der Waals surface area contributed by atoms with Gasteiger partial charge < -0.3 is 14.6 Å². The monoisotopic (exact) mass is 419 g/mol. The number of nitrogens with one attached hydrogen (secondary N) is 1. The zero-order valence-electron chi connectivity index (χ0n) is 16.1. The Hall–Kier alpha value is -3.64. The largest absolute Gasteiger partial charge is 0.484 e. The number of benzene rings is 3. The summed E-state index contributed by atoms with van der Waals surface area (Å²) in [5.41, 5.74) is 3.43. The van der Waals surface area contributed by atoms with Crippen LogP contribution in [0.5, 0.6) is 5.75 Å². The number of carbonyl (C=O) groups excluding carboxylic acids is 1. The molecule has 0 bridgehead atoms. The van der Waals surface area contributed by atoms with E-state index in [0.717, 1.165) is 11.1 Å². The molecule has 0 saturated carbocycles. The first-order chi connectivity index (χ1) is 14.6. The molecule has 0 saturated heterocycles. The fourth-order valence-corrected chi connectivity index (χ4v) is 2.96. The molecule has 3 aromatic carbocycles. The van der Waals surface area contributed by atoms with Gasteiger partial charge in [0.1, 0.15) is 5.75 Å². The van der Waals surface area contributed by atoms with Gasteiger partial charge in [0.05, 0.1) is 0 Å².